The zero-order chi connectivity index (χ0) is 19.0. The van der Waals surface area contributed by atoms with Crippen LogP contribution >= 0.6 is 11.3 Å². The molecule has 27 heavy (non-hydrogen) atoms. The molecule has 0 bridgehead atoms. The average Bonchev–Trinajstić information content (AvgIpc) is 3.34. The van der Waals surface area contributed by atoms with Crippen LogP contribution in [0.1, 0.15) is 5.76 Å². The van der Waals surface area contributed by atoms with Gasteiger partial charge in [-0.1, -0.05) is 12.1 Å². The number of aromatic nitrogens is 1. The second kappa shape index (κ2) is 6.84. The number of para-hydroxylation sites is 1. The molecule has 1 aromatic carbocycles. The van der Waals surface area contributed by atoms with Gasteiger partial charge in [0.25, 0.3) is 5.91 Å². The quantitative estimate of drug-likeness (QED) is 0.680. The molecular formula is C18H16N4O4S. The van der Waals surface area contributed by atoms with Gasteiger partial charge in [0.1, 0.15) is 18.8 Å². The first-order chi connectivity index (χ1) is 13.0. The van der Waals surface area contributed by atoms with Crippen LogP contribution < -0.4 is 5.32 Å². The molecule has 9 heteroatoms. The van der Waals surface area contributed by atoms with Gasteiger partial charge in [-0.05, 0) is 24.3 Å². The molecule has 4 rings (SSSR count). The van der Waals surface area contributed by atoms with Gasteiger partial charge < -0.3 is 14.6 Å². The third-order valence-corrected chi connectivity index (χ3v) is 5.21. The third kappa shape index (κ3) is 3.41. The Kier molecular flexibility index (Phi) is 4.36. The van der Waals surface area contributed by atoms with E-state index in [1.807, 2.05) is 30.3 Å². The Labute approximate surface area is 158 Å². The van der Waals surface area contributed by atoms with E-state index in [1.54, 1.807) is 6.07 Å². The Balaban J connectivity index is 1.37. The van der Waals surface area contributed by atoms with Crippen LogP contribution in [0.5, 0.6) is 0 Å². The molecule has 1 aliphatic rings. The van der Waals surface area contributed by atoms with Crippen LogP contribution in [-0.2, 0) is 16.1 Å². The first-order valence-electron chi connectivity index (χ1n) is 8.28. The van der Waals surface area contributed by atoms with Gasteiger partial charge in [-0.2, -0.15) is 0 Å². The minimum Gasteiger partial charge on any atom is -0.457 e. The number of carbonyl (C=O) groups excluding carboxylic acids is 3. The minimum absolute atomic E-state index is 0.00414. The summed E-state index contributed by atoms with van der Waals surface area (Å²) >= 11 is 1.53. The summed E-state index contributed by atoms with van der Waals surface area (Å²) < 4.78 is 6.83. The number of hydrogen-bond acceptors (Lipinski definition) is 6. The van der Waals surface area contributed by atoms with Crippen molar-refractivity contribution in [1.82, 2.24) is 20.1 Å². The van der Waals surface area contributed by atoms with Gasteiger partial charge in [-0.3, -0.25) is 14.5 Å². The zero-order valence-corrected chi connectivity index (χ0v) is 15.3. The first kappa shape index (κ1) is 17.2. The number of rotatable bonds is 5. The molecule has 1 aliphatic heterocycles. The monoisotopic (exact) mass is 384 g/mol. The summed E-state index contributed by atoms with van der Waals surface area (Å²) in [6, 6.07) is 10.9. The van der Waals surface area contributed by atoms with E-state index in [-0.39, 0.29) is 25.5 Å². The molecule has 4 amide bonds. The highest BCUT2D eigenvalue weighted by molar-refractivity contribution is 7.21. The van der Waals surface area contributed by atoms with Gasteiger partial charge in [0.05, 0.1) is 16.8 Å². The molecular weight excluding hydrogens is 368 g/mol. The van der Waals surface area contributed by atoms with E-state index in [9.17, 15) is 14.4 Å². The summed E-state index contributed by atoms with van der Waals surface area (Å²) in [4.78, 5) is 42.3. The maximum absolute atomic E-state index is 12.0. The number of carbonyl (C=O) groups is 3. The van der Waals surface area contributed by atoms with Crippen molar-refractivity contribution in [2.75, 3.05) is 20.1 Å². The van der Waals surface area contributed by atoms with Crippen molar-refractivity contribution >= 4 is 39.4 Å². The SMILES string of the molecule is CN1CC(=O)N(CC(=O)NCc2ccc(-c3nc4ccccc4s3)o2)C1=O. The van der Waals surface area contributed by atoms with Gasteiger partial charge in [0, 0.05) is 7.05 Å². The van der Waals surface area contributed by atoms with E-state index in [4.69, 9.17) is 4.42 Å². The van der Waals surface area contributed by atoms with Crippen LogP contribution in [0.15, 0.2) is 40.8 Å². The van der Waals surface area contributed by atoms with E-state index in [2.05, 4.69) is 10.3 Å². The highest BCUT2D eigenvalue weighted by Crippen LogP contribution is 2.31. The Morgan fingerprint density at radius 3 is 2.81 bits per heavy atom. The van der Waals surface area contributed by atoms with Crippen molar-refractivity contribution in [2.24, 2.45) is 0 Å². The van der Waals surface area contributed by atoms with E-state index >= 15 is 0 Å². The zero-order valence-electron chi connectivity index (χ0n) is 14.5. The number of nitrogens with zero attached hydrogens (tertiary/aromatic N) is 3. The van der Waals surface area contributed by atoms with Crippen LogP contribution in [0.25, 0.3) is 21.0 Å². The van der Waals surface area contributed by atoms with Gasteiger partial charge in [-0.15, -0.1) is 11.3 Å². The molecule has 2 aromatic heterocycles. The number of nitrogens with one attached hydrogen (secondary N) is 1. The lowest BCUT2D eigenvalue weighted by atomic mass is 10.3. The number of imide groups is 1. The van der Waals surface area contributed by atoms with Crippen molar-refractivity contribution in [1.29, 1.82) is 0 Å². The molecule has 1 fully saturated rings. The standard InChI is InChI=1S/C18H16N4O4S/c1-21-10-16(24)22(18(21)25)9-15(23)19-8-11-6-7-13(26-11)17-20-12-4-2-3-5-14(12)27-17/h2-7H,8-10H2,1H3,(H,19,23). The van der Waals surface area contributed by atoms with Crippen molar-refractivity contribution < 1.29 is 18.8 Å². The van der Waals surface area contributed by atoms with E-state index in [1.165, 1.54) is 23.3 Å². The summed E-state index contributed by atoms with van der Waals surface area (Å²) in [7, 11) is 1.52. The fourth-order valence-corrected chi connectivity index (χ4v) is 3.70. The second-order valence-electron chi connectivity index (χ2n) is 6.15. The molecule has 0 aliphatic carbocycles. The molecule has 8 nitrogen and oxygen atoms in total. The molecule has 0 radical (unpaired) electrons. The van der Waals surface area contributed by atoms with E-state index < -0.39 is 11.9 Å². The van der Waals surface area contributed by atoms with Crippen molar-refractivity contribution in [2.45, 2.75) is 6.54 Å². The van der Waals surface area contributed by atoms with Crippen LogP contribution in [0, 0.1) is 0 Å². The summed E-state index contributed by atoms with van der Waals surface area (Å²) in [5.74, 6) is 0.388. The largest absolute Gasteiger partial charge is 0.457 e. The summed E-state index contributed by atoms with van der Waals surface area (Å²) in [6.07, 6.45) is 0. The summed E-state index contributed by atoms with van der Waals surface area (Å²) in [5, 5.41) is 3.43. The van der Waals surface area contributed by atoms with Gasteiger partial charge >= 0.3 is 6.03 Å². The van der Waals surface area contributed by atoms with Crippen LogP contribution in [0.4, 0.5) is 4.79 Å². The lowest BCUT2D eigenvalue weighted by Gasteiger charge is -2.13. The number of likely N-dealkylation sites (N-methyl/N-ethyl adjacent to an activating group) is 1. The fraction of sp³-hybridized carbons (Fsp3) is 0.222. The highest BCUT2D eigenvalue weighted by atomic mass is 32.1. The number of furan rings is 1. The average molecular weight is 384 g/mol. The van der Waals surface area contributed by atoms with E-state index in [0.29, 0.717) is 11.5 Å². The Morgan fingerprint density at radius 2 is 2.07 bits per heavy atom. The molecule has 0 unspecified atom stereocenters. The van der Waals surface area contributed by atoms with Gasteiger partial charge in [0.2, 0.25) is 5.91 Å². The molecule has 0 saturated carbocycles. The lowest BCUT2D eigenvalue weighted by Crippen LogP contribution is -2.40. The summed E-state index contributed by atoms with van der Waals surface area (Å²) in [5.41, 5.74) is 0.911. The topological polar surface area (TPSA) is 95.8 Å². The smallest absolute Gasteiger partial charge is 0.327 e. The molecule has 138 valence electrons. The number of thiazole rings is 1. The van der Waals surface area contributed by atoms with Crippen molar-refractivity contribution in [3.05, 3.63) is 42.2 Å². The van der Waals surface area contributed by atoms with Crippen molar-refractivity contribution in [3.63, 3.8) is 0 Å². The number of benzene rings is 1. The predicted octanol–water partition coefficient (Wildman–Crippen LogP) is 2.07. The Morgan fingerprint density at radius 1 is 1.26 bits per heavy atom. The second-order valence-corrected chi connectivity index (χ2v) is 7.18. The minimum atomic E-state index is -0.466. The Hall–Kier alpha value is -3.20. The number of urea groups is 1. The Bertz CT molecular complexity index is 1010. The number of hydrogen-bond donors (Lipinski definition) is 1. The van der Waals surface area contributed by atoms with Crippen molar-refractivity contribution in [3.8, 4) is 10.8 Å². The fourth-order valence-electron chi connectivity index (χ4n) is 2.78. The molecule has 0 spiro atoms. The maximum atomic E-state index is 12.0. The van der Waals surface area contributed by atoms with E-state index in [0.717, 1.165) is 20.1 Å². The highest BCUT2D eigenvalue weighted by Gasteiger charge is 2.34. The normalized spacial score (nSPS) is 14.4. The van der Waals surface area contributed by atoms with Crippen LogP contribution in [-0.4, -0.2) is 52.8 Å². The third-order valence-electron chi connectivity index (χ3n) is 4.16. The lowest BCUT2D eigenvalue weighted by molar-refractivity contribution is -0.130. The van der Waals surface area contributed by atoms with Crippen LogP contribution in [0.3, 0.4) is 0 Å². The first-order valence-corrected chi connectivity index (χ1v) is 9.10. The predicted molar refractivity (Wildman–Crippen MR) is 98.9 cm³/mol. The molecule has 0 atom stereocenters. The summed E-state index contributed by atoms with van der Waals surface area (Å²) in [6.45, 7) is -0.140. The molecule has 3 heterocycles. The molecule has 1 saturated heterocycles. The molecule has 1 N–H and O–H groups in total. The van der Waals surface area contributed by atoms with Crippen LogP contribution in [0.2, 0.25) is 0 Å². The molecule has 3 aromatic rings. The number of fused-ring (bicyclic) bond motifs is 1. The number of amides is 4. The van der Waals surface area contributed by atoms with Gasteiger partial charge in [0.15, 0.2) is 10.8 Å². The maximum Gasteiger partial charge on any atom is 0.327 e. The van der Waals surface area contributed by atoms with Gasteiger partial charge in [-0.25, -0.2) is 9.78 Å².